The first-order valence-corrected chi connectivity index (χ1v) is 6.71. The SMILES string of the molecule is CON(C)C(=O)c1cnc(N2C3CCC2COC3)nc1. The summed E-state index contributed by atoms with van der Waals surface area (Å²) in [6.07, 6.45) is 5.33. The maximum Gasteiger partial charge on any atom is 0.280 e. The van der Waals surface area contributed by atoms with E-state index in [1.165, 1.54) is 7.11 Å². The molecule has 1 aromatic heterocycles. The second-order valence-electron chi connectivity index (χ2n) is 5.09. The summed E-state index contributed by atoms with van der Waals surface area (Å²) >= 11 is 0. The average Bonchev–Trinajstić information content (AvgIpc) is 2.75. The summed E-state index contributed by atoms with van der Waals surface area (Å²) in [6, 6.07) is 0.717. The van der Waals surface area contributed by atoms with Gasteiger partial charge in [-0.05, 0) is 12.8 Å². The molecule has 3 rings (SSSR count). The maximum atomic E-state index is 11.9. The van der Waals surface area contributed by atoms with E-state index in [0.717, 1.165) is 31.1 Å². The third kappa shape index (κ3) is 2.23. The van der Waals surface area contributed by atoms with E-state index in [2.05, 4.69) is 14.9 Å². The molecule has 7 nitrogen and oxygen atoms in total. The highest BCUT2D eigenvalue weighted by Gasteiger charge is 2.38. The number of amides is 1. The van der Waals surface area contributed by atoms with E-state index in [1.807, 2.05) is 0 Å². The molecule has 1 amide bonds. The minimum absolute atomic E-state index is 0.260. The van der Waals surface area contributed by atoms with Crippen LogP contribution in [0.5, 0.6) is 0 Å². The van der Waals surface area contributed by atoms with Crippen molar-refractivity contribution in [2.24, 2.45) is 0 Å². The quantitative estimate of drug-likeness (QED) is 0.749. The number of aromatic nitrogens is 2. The minimum atomic E-state index is -0.260. The Balaban J connectivity index is 1.78. The van der Waals surface area contributed by atoms with Crippen molar-refractivity contribution in [3.63, 3.8) is 0 Å². The molecule has 0 aromatic carbocycles. The van der Waals surface area contributed by atoms with Gasteiger partial charge in [0.1, 0.15) is 0 Å². The van der Waals surface area contributed by atoms with Crippen LogP contribution in [-0.4, -0.2) is 60.4 Å². The molecule has 2 atom stereocenters. The fraction of sp³-hybridized carbons (Fsp3) is 0.615. The van der Waals surface area contributed by atoms with Gasteiger partial charge in [-0.25, -0.2) is 15.0 Å². The predicted molar refractivity (Wildman–Crippen MR) is 71.2 cm³/mol. The average molecular weight is 278 g/mol. The van der Waals surface area contributed by atoms with Crippen LogP contribution in [0.4, 0.5) is 5.95 Å². The van der Waals surface area contributed by atoms with Crippen LogP contribution in [-0.2, 0) is 9.57 Å². The summed E-state index contributed by atoms with van der Waals surface area (Å²) < 4.78 is 5.54. The van der Waals surface area contributed by atoms with Gasteiger partial charge in [0, 0.05) is 19.4 Å². The lowest BCUT2D eigenvalue weighted by Crippen LogP contribution is -2.46. The van der Waals surface area contributed by atoms with E-state index in [9.17, 15) is 4.79 Å². The van der Waals surface area contributed by atoms with Crippen LogP contribution in [0.2, 0.25) is 0 Å². The van der Waals surface area contributed by atoms with Gasteiger partial charge >= 0.3 is 0 Å². The Labute approximate surface area is 117 Å². The maximum absolute atomic E-state index is 11.9. The zero-order valence-electron chi connectivity index (χ0n) is 11.7. The van der Waals surface area contributed by atoms with Crippen molar-refractivity contribution in [1.82, 2.24) is 15.0 Å². The Hall–Kier alpha value is -1.73. The van der Waals surface area contributed by atoms with Gasteiger partial charge in [0.2, 0.25) is 5.95 Å². The molecule has 1 aromatic rings. The molecule has 0 radical (unpaired) electrons. The smallest absolute Gasteiger partial charge is 0.280 e. The molecule has 2 fully saturated rings. The molecule has 3 heterocycles. The first-order chi connectivity index (χ1) is 9.70. The lowest BCUT2D eigenvalue weighted by molar-refractivity contribution is -0.0757. The van der Waals surface area contributed by atoms with Crippen molar-refractivity contribution in [1.29, 1.82) is 0 Å². The lowest BCUT2D eigenvalue weighted by atomic mass is 10.2. The van der Waals surface area contributed by atoms with Crippen molar-refractivity contribution in [2.45, 2.75) is 24.9 Å². The molecule has 0 aliphatic carbocycles. The van der Waals surface area contributed by atoms with Crippen LogP contribution in [0.3, 0.4) is 0 Å². The normalized spacial score (nSPS) is 24.8. The van der Waals surface area contributed by atoms with Gasteiger partial charge in [-0.2, -0.15) is 0 Å². The van der Waals surface area contributed by atoms with Gasteiger partial charge in [-0.1, -0.05) is 0 Å². The third-order valence-electron chi connectivity index (χ3n) is 3.92. The largest absolute Gasteiger partial charge is 0.377 e. The van der Waals surface area contributed by atoms with Crippen LogP contribution in [0, 0.1) is 0 Å². The van der Waals surface area contributed by atoms with Gasteiger partial charge in [0.25, 0.3) is 5.91 Å². The fourth-order valence-electron chi connectivity index (χ4n) is 2.78. The number of carbonyl (C=O) groups excluding carboxylic acids is 1. The van der Waals surface area contributed by atoms with E-state index in [4.69, 9.17) is 9.57 Å². The van der Waals surface area contributed by atoms with Crippen molar-refractivity contribution >= 4 is 11.9 Å². The summed E-state index contributed by atoms with van der Waals surface area (Å²) in [5, 5.41) is 1.15. The monoisotopic (exact) mass is 278 g/mol. The number of morpholine rings is 1. The second kappa shape index (κ2) is 5.34. The highest BCUT2D eigenvalue weighted by molar-refractivity contribution is 5.92. The van der Waals surface area contributed by atoms with E-state index in [0.29, 0.717) is 23.6 Å². The molecule has 20 heavy (non-hydrogen) atoms. The Kier molecular flexibility index (Phi) is 3.54. The number of anilines is 1. The van der Waals surface area contributed by atoms with Gasteiger partial charge in [-0.15, -0.1) is 0 Å². The minimum Gasteiger partial charge on any atom is -0.377 e. The standard InChI is InChI=1S/C13H18N4O3/c1-16(19-2)12(18)9-5-14-13(15-6-9)17-10-3-4-11(17)8-20-7-10/h5-6,10-11H,3-4,7-8H2,1-2H3. The van der Waals surface area contributed by atoms with Crippen molar-refractivity contribution in [3.05, 3.63) is 18.0 Å². The van der Waals surface area contributed by atoms with Crippen LogP contribution >= 0.6 is 0 Å². The van der Waals surface area contributed by atoms with Crippen molar-refractivity contribution < 1.29 is 14.4 Å². The highest BCUT2D eigenvalue weighted by atomic mass is 16.7. The Morgan fingerprint density at radius 3 is 2.50 bits per heavy atom. The van der Waals surface area contributed by atoms with Crippen LogP contribution in [0.1, 0.15) is 23.2 Å². The molecule has 2 saturated heterocycles. The molecule has 7 heteroatoms. The highest BCUT2D eigenvalue weighted by Crippen LogP contribution is 2.31. The molecule has 108 valence electrons. The first-order valence-electron chi connectivity index (χ1n) is 6.71. The molecule has 0 spiro atoms. The summed E-state index contributed by atoms with van der Waals surface area (Å²) in [7, 11) is 3.00. The molecular weight excluding hydrogens is 260 g/mol. The van der Waals surface area contributed by atoms with E-state index >= 15 is 0 Å². The van der Waals surface area contributed by atoms with Crippen molar-refractivity contribution in [3.8, 4) is 0 Å². The summed E-state index contributed by atoms with van der Waals surface area (Å²) in [5.41, 5.74) is 0.415. The van der Waals surface area contributed by atoms with E-state index in [-0.39, 0.29) is 5.91 Å². The van der Waals surface area contributed by atoms with Crippen LogP contribution in [0.25, 0.3) is 0 Å². The summed E-state index contributed by atoms with van der Waals surface area (Å²) in [5.74, 6) is 0.418. The molecule has 2 aliphatic rings. The molecule has 2 unspecified atom stereocenters. The second-order valence-corrected chi connectivity index (χ2v) is 5.09. The number of carbonyl (C=O) groups is 1. The first kappa shape index (κ1) is 13.3. The number of fused-ring (bicyclic) bond motifs is 2. The number of hydroxylamine groups is 2. The Bertz CT molecular complexity index is 477. The number of hydrogen-bond donors (Lipinski definition) is 0. The summed E-state index contributed by atoms with van der Waals surface area (Å²) in [6.45, 7) is 1.46. The zero-order valence-corrected chi connectivity index (χ0v) is 11.7. The number of hydrogen-bond acceptors (Lipinski definition) is 6. The lowest BCUT2D eigenvalue weighted by Gasteiger charge is -2.34. The molecular formula is C13H18N4O3. The van der Waals surface area contributed by atoms with Crippen LogP contribution in [0.15, 0.2) is 12.4 Å². The number of ether oxygens (including phenoxy) is 1. The summed E-state index contributed by atoms with van der Waals surface area (Å²) in [4.78, 5) is 27.6. The van der Waals surface area contributed by atoms with Gasteiger partial charge in [0.05, 0.1) is 38.0 Å². The molecule has 2 aliphatic heterocycles. The zero-order chi connectivity index (χ0) is 14.1. The van der Waals surface area contributed by atoms with E-state index in [1.54, 1.807) is 19.4 Å². The fourth-order valence-corrected chi connectivity index (χ4v) is 2.78. The Morgan fingerprint density at radius 2 is 1.95 bits per heavy atom. The van der Waals surface area contributed by atoms with Gasteiger partial charge in [-0.3, -0.25) is 9.63 Å². The molecule has 0 saturated carbocycles. The molecule has 0 N–H and O–H groups in total. The van der Waals surface area contributed by atoms with E-state index < -0.39 is 0 Å². The van der Waals surface area contributed by atoms with Crippen LogP contribution < -0.4 is 4.90 Å². The van der Waals surface area contributed by atoms with Gasteiger partial charge < -0.3 is 9.64 Å². The van der Waals surface area contributed by atoms with Gasteiger partial charge in [0.15, 0.2) is 0 Å². The predicted octanol–water partition coefficient (Wildman–Crippen LogP) is 0.478. The van der Waals surface area contributed by atoms with Crippen molar-refractivity contribution in [2.75, 3.05) is 32.3 Å². The topological polar surface area (TPSA) is 67.8 Å². The number of rotatable bonds is 3. The third-order valence-corrected chi connectivity index (χ3v) is 3.92. The Morgan fingerprint density at radius 1 is 1.35 bits per heavy atom. The molecule has 2 bridgehead atoms. The number of nitrogens with zero attached hydrogens (tertiary/aromatic N) is 4.